The molecule has 0 spiro atoms. The molecule has 5 nitrogen and oxygen atoms in total. The second kappa shape index (κ2) is 4.82. The van der Waals surface area contributed by atoms with Gasteiger partial charge < -0.3 is 16.0 Å². The molecule has 5 heteroatoms. The van der Waals surface area contributed by atoms with Gasteiger partial charge in [-0.1, -0.05) is 0 Å². The Hall–Kier alpha value is -1.10. The minimum atomic E-state index is -0.408. The van der Waals surface area contributed by atoms with Crippen LogP contribution in [0, 0.1) is 0 Å². The van der Waals surface area contributed by atoms with Gasteiger partial charge in [0.25, 0.3) is 0 Å². The Balaban J connectivity index is 2.50. The first-order valence-corrected chi connectivity index (χ1v) is 5.65. The first kappa shape index (κ1) is 13.0. The fourth-order valence-corrected chi connectivity index (χ4v) is 1.80. The fraction of sp³-hybridized carbons (Fsp3) is 0.818. The molecule has 1 rings (SSSR count). The molecule has 1 unspecified atom stereocenters. The van der Waals surface area contributed by atoms with Crippen molar-refractivity contribution >= 4 is 11.8 Å². The lowest BCUT2D eigenvalue weighted by Crippen LogP contribution is -2.49. The Bertz CT molecular complexity index is 283. The third-order valence-electron chi connectivity index (χ3n) is 2.67. The van der Waals surface area contributed by atoms with Crippen molar-refractivity contribution in [1.29, 1.82) is 0 Å². The van der Waals surface area contributed by atoms with Gasteiger partial charge in [0.15, 0.2) is 0 Å². The Morgan fingerprint density at radius 3 is 2.56 bits per heavy atom. The molecular weight excluding hydrogens is 206 g/mol. The molecule has 92 valence electrons. The Kier molecular flexibility index (Phi) is 3.91. The Morgan fingerprint density at radius 2 is 2.06 bits per heavy atom. The van der Waals surface area contributed by atoms with Crippen molar-refractivity contribution in [3.8, 4) is 0 Å². The molecule has 1 fully saturated rings. The van der Waals surface area contributed by atoms with Crippen LogP contribution in [0.5, 0.6) is 0 Å². The Labute approximate surface area is 96.4 Å². The number of amides is 2. The van der Waals surface area contributed by atoms with Gasteiger partial charge in [0.05, 0.1) is 6.54 Å². The van der Waals surface area contributed by atoms with E-state index in [1.807, 2.05) is 20.8 Å². The van der Waals surface area contributed by atoms with Gasteiger partial charge in [0.2, 0.25) is 11.8 Å². The van der Waals surface area contributed by atoms with E-state index in [1.165, 1.54) is 0 Å². The van der Waals surface area contributed by atoms with E-state index in [4.69, 9.17) is 5.73 Å². The molecule has 3 N–H and O–H groups in total. The molecule has 0 bridgehead atoms. The fourth-order valence-electron chi connectivity index (χ4n) is 1.80. The number of nitrogens with two attached hydrogens (primary N) is 1. The number of nitrogens with zero attached hydrogens (tertiary/aromatic N) is 1. The van der Waals surface area contributed by atoms with Gasteiger partial charge in [-0.3, -0.25) is 9.59 Å². The van der Waals surface area contributed by atoms with E-state index in [2.05, 4.69) is 5.32 Å². The van der Waals surface area contributed by atoms with Crippen LogP contribution in [0.15, 0.2) is 0 Å². The highest BCUT2D eigenvalue weighted by Gasteiger charge is 2.32. The first-order valence-electron chi connectivity index (χ1n) is 5.65. The third-order valence-corrected chi connectivity index (χ3v) is 2.67. The molecule has 1 saturated heterocycles. The summed E-state index contributed by atoms with van der Waals surface area (Å²) in [4.78, 5) is 24.6. The second-order valence-electron chi connectivity index (χ2n) is 5.25. The van der Waals surface area contributed by atoms with Gasteiger partial charge in [0, 0.05) is 12.1 Å². The molecule has 16 heavy (non-hydrogen) atoms. The molecular formula is C11H21N3O2. The van der Waals surface area contributed by atoms with E-state index in [9.17, 15) is 9.59 Å². The summed E-state index contributed by atoms with van der Waals surface area (Å²) >= 11 is 0. The normalized spacial score (nSPS) is 21.2. The number of carbonyl (C=O) groups excluding carboxylic acids is 2. The highest BCUT2D eigenvalue weighted by atomic mass is 16.2. The molecule has 1 heterocycles. The monoisotopic (exact) mass is 227 g/mol. The van der Waals surface area contributed by atoms with Crippen LogP contribution >= 0.6 is 0 Å². The average molecular weight is 227 g/mol. The van der Waals surface area contributed by atoms with Crippen molar-refractivity contribution in [1.82, 2.24) is 10.2 Å². The van der Waals surface area contributed by atoms with Crippen molar-refractivity contribution in [2.75, 3.05) is 13.1 Å². The largest absolute Gasteiger partial charge is 0.368 e. The minimum absolute atomic E-state index is 0.0452. The molecule has 1 aliphatic rings. The van der Waals surface area contributed by atoms with Crippen molar-refractivity contribution in [2.45, 2.75) is 45.2 Å². The van der Waals surface area contributed by atoms with Crippen LogP contribution < -0.4 is 11.1 Å². The van der Waals surface area contributed by atoms with Crippen molar-refractivity contribution < 1.29 is 9.59 Å². The summed E-state index contributed by atoms with van der Waals surface area (Å²) in [5, 5.41) is 3.11. The summed E-state index contributed by atoms with van der Waals surface area (Å²) in [7, 11) is 0. The van der Waals surface area contributed by atoms with Gasteiger partial charge in [-0.2, -0.15) is 0 Å². The molecule has 2 amide bonds. The average Bonchev–Trinajstić information content (AvgIpc) is 2.61. The standard InChI is InChI=1S/C11H21N3O2/c1-11(2,3)13-7-9(15)14-6-4-5-8(14)10(12)16/h8,13H,4-7H2,1-3H3,(H2,12,16). The topological polar surface area (TPSA) is 75.4 Å². The number of rotatable bonds is 3. The predicted molar refractivity (Wildman–Crippen MR) is 61.7 cm³/mol. The zero-order valence-corrected chi connectivity index (χ0v) is 10.2. The summed E-state index contributed by atoms with van der Waals surface area (Å²) in [5.74, 6) is -0.446. The summed E-state index contributed by atoms with van der Waals surface area (Å²) in [6, 6.07) is -0.408. The van der Waals surface area contributed by atoms with Gasteiger partial charge in [-0.25, -0.2) is 0 Å². The van der Waals surface area contributed by atoms with Gasteiger partial charge in [0.1, 0.15) is 6.04 Å². The molecule has 0 saturated carbocycles. The van der Waals surface area contributed by atoms with Crippen molar-refractivity contribution in [3.05, 3.63) is 0 Å². The van der Waals surface area contributed by atoms with Crippen LogP contribution in [0.25, 0.3) is 0 Å². The summed E-state index contributed by atoms with van der Waals surface area (Å²) in [6.07, 6.45) is 1.55. The van der Waals surface area contributed by atoms with Crippen LogP contribution in [0.2, 0.25) is 0 Å². The number of primary amides is 1. The Morgan fingerprint density at radius 1 is 1.44 bits per heavy atom. The summed E-state index contributed by atoms with van der Waals surface area (Å²) < 4.78 is 0. The number of nitrogens with one attached hydrogen (secondary N) is 1. The van der Waals surface area contributed by atoms with Crippen LogP contribution in [0.3, 0.4) is 0 Å². The third kappa shape index (κ3) is 3.48. The van der Waals surface area contributed by atoms with Gasteiger partial charge >= 0.3 is 0 Å². The minimum Gasteiger partial charge on any atom is -0.368 e. The van der Waals surface area contributed by atoms with Crippen LogP contribution in [0.1, 0.15) is 33.6 Å². The number of carbonyl (C=O) groups is 2. The van der Waals surface area contributed by atoms with Gasteiger partial charge in [-0.05, 0) is 33.6 Å². The summed E-state index contributed by atoms with van der Waals surface area (Å²) in [6.45, 7) is 6.88. The van der Waals surface area contributed by atoms with E-state index >= 15 is 0 Å². The van der Waals surface area contributed by atoms with E-state index in [-0.39, 0.29) is 18.0 Å². The zero-order valence-electron chi connectivity index (χ0n) is 10.2. The van der Waals surface area contributed by atoms with Crippen LogP contribution in [0.4, 0.5) is 0 Å². The lowest BCUT2D eigenvalue weighted by molar-refractivity contribution is -0.136. The molecule has 0 aliphatic carbocycles. The van der Waals surface area contributed by atoms with E-state index in [0.29, 0.717) is 13.0 Å². The molecule has 0 aromatic heterocycles. The number of hydrogen-bond acceptors (Lipinski definition) is 3. The van der Waals surface area contributed by atoms with E-state index in [1.54, 1.807) is 4.90 Å². The van der Waals surface area contributed by atoms with E-state index < -0.39 is 11.9 Å². The predicted octanol–water partition coefficient (Wildman–Crippen LogP) is -0.149. The lowest BCUT2D eigenvalue weighted by atomic mass is 10.1. The first-order chi connectivity index (χ1) is 7.31. The second-order valence-corrected chi connectivity index (χ2v) is 5.25. The quantitative estimate of drug-likeness (QED) is 0.704. The lowest BCUT2D eigenvalue weighted by Gasteiger charge is -2.25. The van der Waals surface area contributed by atoms with Gasteiger partial charge in [-0.15, -0.1) is 0 Å². The smallest absolute Gasteiger partial charge is 0.240 e. The maximum absolute atomic E-state index is 11.9. The maximum Gasteiger partial charge on any atom is 0.240 e. The summed E-state index contributed by atoms with van der Waals surface area (Å²) in [5.41, 5.74) is 5.16. The molecule has 1 aliphatic heterocycles. The number of hydrogen-bond donors (Lipinski definition) is 2. The number of likely N-dealkylation sites (tertiary alicyclic amines) is 1. The molecule has 0 aromatic rings. The molecule has 0 radical (unpaired) electrons. The zero-order chi connectivity index (χ0) is 12.3. The molecule has 0 aromatic carbocycles. The van der Waals surface area contributed by atoms with E-state index in [0.717, 1.165) is 6.42 Å². The van der Waals surface area contributed by atoms with Crippen LogP contribution in [-0.4, -0.2) is 41.4 Å². The molecule has 1 atom stereocenters. The van der Waals surface area contributed by atoms with Crippen LogP contribution in [-0.2, 0) is 9.59 Å². The van der Waals surface area contributed by atoms with Crippen molar-refractivity contribution in [2.24, 2.45) is 5.73 Å². The van der Waals surface area contributed by atoms with Crippen molar-refractivity contribution in [3.63, 3.8) is 0 Å². The highest BCUT2D eigenvalue weighted by Crippen LogP contribution is 2.16. The highest BCUT2D eigenvalue weighted by molar-refractivity contribution is 5.88. The SMILES string of the molecule is CC(C)(C)NCC(=O)N1CCCC1C(N)=O. The maximum atomic E-state index is 11.9.